The molecule has 1 aromatic heterocycles. The quantitative estimate of drug-likeness (QED) is 0.109. The predicted octanol–water partition coefficient (Wildman–Crippen LogP) is 5.33. The number of fused-ring (bicyclic) bond motifs is 2. The maximum atomic E-state index is 12.4. The number of hydrogen-bond donors (Lipinski definition) is 2. The van der Waals surface area contributed by atoms with Crippen LogP contribution < -0.4 is 19.7 Å². The van der Waals surface area contributed by atoms with E-state index < -0.39 is 26.0 Å². The number of halogens is 1. The van der Waals surface area contributed by atoms with Gasteiger partial charge < -0.3 is 14.1 Å². The number of allylic oxidation sites excluding steroid dienone is 2. The average molecular weight is 675 g/mol. The third kappa shape index (κ3) is 8.12. The van der Waals surface area contributed by atoms with Gasteiger partial charge in [0.25, 0.3) is 25.8 Å². The Morgan fingerprint density at radius 1 is 1.02 bits per heavy atom. The summed E-state index contributed by atoms with van der Waals surface area (Å²) in [6.07, 6.45) is 4.05. The summed E-state index contributed by atoms with van der Waals surface area (Å²) in [6, 6.07) is 20.5. The van der Waals surface area contributed by atoms with E-state index in [2.05, 4.69) is 5.48 Å². The Labute approximate surface area is 267 Å². The molecule has 0 atom stereocenters. The predicted molar refractivity (Wildman–Crippen MR) is 173 cm³/mol. The van der Waals surface area contributed by atoms with Crippen molar-refractivity contribution in [2.75, 3.05) is 29.5 Å². The molecule has 0 spiro atoms. The molecule has 238 valence electrons. The topological polar surface area (TPSA) is 139 Å². The van der Waals surface area contributed by atoms with E-state index in [0.717, 1.165) is 16.7 Å². The molecule has 0 aliphatic carbocycles. The Morgan fingerprint density at radius 2 is 1.80 bits per heavy atom. The van der Waals surface area contributed by atoms with Gasteiger partial charge in [0.1, 0.15) is 5.75 Å². The minimum atomic E-state index is -4.26. The SMILES string of the molecule is CCNOS(=O)(=O)CCN1/C(=C\C(=C/c2oc3ccc(-c4ccccc4)cc3[n+]2CCS(=O)(=O)O)CC)Oc2ccc(Cl)cc21. The molecule has 0 bridgehead atoms. The second-order valence-electron chi connectivity index (χ2n) is 10.2. The number of hydroxylamine groups is 1. The first-order chi connectivity index (χ1) is 21.5. The molecule has 1 aliphatic heterocycles. The number of nitrogens with one attached hydrogen (secondary N) is 1. The van der Waals surface area contributed by atoms with Gasteiger partial charge in [0.15, 0.2) is 12.3 Å². The molecule has 1 aliphatic rings. The Balaban J connectivity index is 1.54. The summed E-state index contributed by atoms with van der Waals surface area (Å²) >= 11 is 6.26. The zero-order chi connectivity index (χ0) is 32.2. The number of rotatable bonds is 13. The van der Waals surface area contributed by atoms with E-state index in [1.165, 1.54) is 0 Å². The van der Waals surface area contributed by atoms with Crippen LogP contribution in [0.5, 0.6) is 5.75 Å². The molecule has 2 heterocycles. The van der Waals surface area contributed by atoms with Crippen LogP contribution in [0.1, 0.15) is 26.2 Å². The minimum Gasteiger partial charge on any atom is -0.439 e. The first-order valence-electron chi connectivity index (χ1n) is 14.2. The molecule has 0 unspecified atom stereocenters. The van der Waals surface area contributed by atoms with E-state index in [4.69, 9.17) is 25.0 Å². The van der Waals surface area contributed by atoms with Crippen molar-refractivity contribution >= 4 is 54.7 Å². The van der Waals surface area contributed by atoms with Gasteiger partial charge in [-0.2, -0.15) is 31.2 Å². The van der Waals surface area contributed by atoms with Crippen molar-refractivity contribution in [2.45, 2.75) is 26.8 Å². The molecule has 3 aromatic carbocycles. The number of hydrogen-bond acceptors (Lipinski definition) is 9. The van der Waals surface area contributed by atoms with Gasteiger partial charge in [0.05, 0.1) is 17.5 Å². The second kappa shape index (κ2) is 13.7. The lowest BCUT2D eigenvalue weighted by molar-refractivity contribution is -0.673. The molecule has 4 aromatic rings. The van der Waals surface area contributed by atoms with Crippen LogP contribution >= 0.6 is 11.6 Å². The molecular weight excluding hydrogens is 642 g/mol. The second-order valence-corrected chi connectivity index (χ2v) is 13.9. The summed E-state index contributed by atoms with van der Waals surface area (Å²) in [5.74, 6) is 0.388. The molecule has 45 heavy (non-hydrogen) atoms. The van der Waals surface area contributed by atoms with Gasteiger partial charge in [0, 0.05) is 30.3 Å². The highest BCUT2D eigenvalue weighted by atomic mass is 35.5. The maximum Gasteiger partial charge on any atom is 0.374 e. The number of benzene rings is 3. The largest absolute Gasteiger partial charge is 0.439 e. The van der Waals surface area contributed by atoms with E-state index in [9.17, 15) is 21.4 Å². The van der Waals surface area contributed by atoms with E-state index in [0.29, 0.717) is 52.3 Å². The van der Waals surface area contributed by atoms with Gasteiger partial charge in [-0.15, -0.1) is 0 Å². The van der Waals surface area contributed by atoms with Crippen molar-refractivity contribution in [3.05, 3.63) is 95.2 Å². The van der Waals surface area contributed by atoms with Crippen molar-refractivity contribution in [3.8, 4) is 16.9 Å². The Kier molecular flexibility index (Phi) is 9.97. The zero-order valence-electron chi connectivity index (χ0n) is 24.6. The van der Waals surface area contributed by atoms with Crippen molar-refractivity contribution < 1.29 is 39.4 Å². The summed E-state index contributed by atoms with van der Waals surface area (Å²) in [4.78, 5) is 1.70. The smallest absolute Gasteiger partial charge is 0.374 e. The molecule has 14 heteroatoms. The fraction of sp³-hybridized carbons (Fsp3) is 0.258. The summed E-state index contributed by atoms with van der Waals surface area (Å²) in [6.45, 7) is 3.93. The van der Waals surface area contributed by atoms with Crippen LogP contribution in [0.25, 0.3) is 28.3 Å². The molecule has 5 rings (SSSR count). The minimum absolute atomic E-state index is 0.0190. The van der Waals surface area contributed by atoms with Gasteiger partial charge in [0.2, 0.25) is 11.5 Å². The van der Waals surface area contributed by atoms with Gasteiger partial charge in [-0.25, -0.2) is 0 Å². The molecule has 0 saturated heterocycles. The molecule has 11 nitrogen and oxygen atoms in total. The van der Waals surface area contributed by atoms with Crippen molar-refractivity contribution in [1.29, 1.82) is 0 Å². The molecule has 0 radical (unpaired) electrons. The third-order valence-electron chi connectivity index (χ3n) is 7.02. The summed E-state index contributed by atoms with van der Waals surface area (Å²) in [7, 11) is -8.15. The number of anilines is 1. The lowest BCUT2D eigenvalue weighted by Gasteiger charge is -2.18. The van der Waals surface area contributed by atoms with E-state index >= 15 is 0 Å². The zero-order valence-corrected chi connectivity index (χ0v) is 27.0. The van der Waals surface area contributed by atoms with Gasteiger partial charge >= 0.3 is 5.89 Å². The summed E-state index contributed by atoms with van der Waals surface area (Å²) in [5, 5.41) is 0.457. The number of nitrogens with zero attached hydrogens (tertiary/aromatic N) is 2. The normalized spacial score (nSPS) is 14.7. The first kappa shape index (κ1) is 32.7. The standard InChI is InChI=1S/C31H32ClN3O8S2/c1-3-22(19-31-35(15-17-45(39,40)43-33-4-2)27-21-25(32)11-13-29(27)42-31)18-30-34(14-16-44(36,37)38)26-20-24(10-12-28(26)41-30)23-8-6-5-7-9-23/h5-13,18-21,33H,3-4,14-17H2,1-2H3/p+1. The monoisotopic (exact) mass is 674 g/mol. The van der Waals surface area contributed by atoms with Crippen molar-refractivity contribution in [3.63, 3.8) is 0 Å². The molecule has 0 amide bonds. The van der Waals surface area contributed by atoms with Gasteiger partial charge in [-0.1, -0.05) is 61.8 Å². The van der Waals surface area contributed by atoms with Crippen LogP contribution in [-0.4, -0.2) is 46.0 Å². The maximum absolute atomic E-state index is 12.4. The fourth-order valence-electron chi connectivity index (χ4n) is 4.82. The van der Waals surface area contributed by atoms with Crippen LogP contribution in [-0.2, 0) is 31.1 Å². The Hall–Kier alpha value is -3.72. The number of aryl methyl sites for hydroxylation is 1. The number of ether oxygens (including phenoxy) is 1. The first-order valence-corrected chi connectivity index (χ1v) is 17.8. The molecule has 0 fully saturated rings. The Morgan fingerprint density at radius 3 is 2.51 bits per heavy atom. The van der Waals surface area contributed by atoms with Crippen LogP contribution in [0.2, 0.25) is 5.02 Å². The summed E-state index contributed by atoms with van der Waals surface area (Å²) in [5.41, 5.74) is 6.79. The molecule has 0 saturated carbocycles. The number of oxazole rings is 1. The van der Waals surface area contributed by atoms with E-state index in [1.54, 1.807) is 46.7 Å². The highest BCUT2D eigenvalue weighted by Crippen LogP contribution is 2.41. The lowest BCUT2D eigenvalue weighted by Crippen LogP contribution is -2.38. The highest BCUT2D eigenvalue weighted by Gasteiger charge is 2.29. The average Bonchev–Trinajstić information content (AvgIpc) is 3.53. The molecule has 2 N–H and O–H groups in total. The summed E-state index contributed by atoms with van der Waals surface area (Å²) < 4.78 is 76.7. The third-order valence-corrected chi connectivity index (χ3v) is 9.01. The van der Waals surface area contributed by atoms with Crippen LogP contribution in [0, 0.1) is 0 Å². The van der Waals surface area contributed by atoms with E-state index in [1.807, 2.05) is 55.5 Å². The van der Waals surface area contributed by atoms with Crippen molar-refractivity contribution in [2.24, 2.45) is 0 Å². The lowest BCUT2D eigenvalue weighted by atomic mass is 10.1. The fourth-order valence-corrected chi connectivity index (χ4v) is 6.19. The van der Waals surface area contributed by atoms with Gasteiger partial charge in [-0.3, -0.25) is 4.55 Å². The van der Waals surface area contributed by atoms with Crippen LogP contribution in [0.15, 0.2) is 88.7 Å². The highest BCUT2D eigenvalue weighted by molar-refractivity contribution is 7.86. The number of aromatic nitrogens is 1. The van der Waals surface area contributed by atoms with Crippen LogP contribution in [0.3, 0.4) is 0 Å². The van der Waals surface area contributed by atoms with Crippen molar-refractivity contribution in [1.82, 2.24) is 5.48 Å². The molecular formula is C31H33ClN3O8S2+. The van der Waals surface area contributed by atoms with Gasteiger partial charge in [-0.05, 0) is 47.4 Å². The van der Waals surface area contributed by atoms with E-state index in [-0.39, 0.29) is 18.8 Å². The van der Waals surface area contributed by atoms with Crippen LogP contribution in [0.4, 0.5) is 5.69 Å². The Bertz CT molecular complexity index is 1970.